The molecule has 1 aromatic carbocycles. The van der Waals surface area contributed by atoms with E-state index in [1.165, 1.54) is 0 Å². The van der Waals surface area contributed by atoms with Gasteiger partial charge in [-0.2, -0.15) is 0 Å². The molecular weight excluding hydrogens is 302 g/mol. The molecule has 0 saturated heterocycles. The van der Waals surface area contributed by atoms with E-state index in [9.17, 15) is 9.59 Å². The van der Waals surface area contributed by atoms with E-state index in [-0.39, 0.29) is 36.7 Å². The maximum Gasteiger partial charge on any atom is 0.243 e. The van der Waals surface area contributed by atoms with Gasteiger partial charge in [0.05, 0.1) is 6.54 Å². The first-order valence-electron chi connectivity index (χ1n) is 7.15. The van der Waals surface area contributed by atoms with Gasteiger partial charge in [0, 0.05) is 18.2 Å². The minimum Gasteiger partial charge on any atom is -0.347 e. The summed E-state index contributed by atoms with van der Waals surface area (Å²) in [6, 6.07) is 4.05. The van der Waals surface area contributed by atoms with Crippen LogP contribution in [0.2, 0.25) is 0 Å². The lowest BCUT2D eigenvalue weighted by molar-refractivity contribution is -0.126. The largest absolute Gasteiger partial charge is 0.347 e. The molecule has 0 aliphatic rings. The van der Waals surface area contributed by atoms with Gasteiger partial charge in [-0.25, -0.2) is 0 Å². The second-order valence-electron chi connectivity index (χ2n) is 5.50. The summed E-state index contributed by atoms with van der Waals surface area (Å²) in [6.45, 7) is 8.34. The lowest BCUT2D eigenvalue weighted by Gasteiger charge is -2.14. The van der Waals surface area contributed by atoms with Gasteiger partial charge >= 0.3 is 0 Å². The summed E-state index contributed by atoms with van der Waals surface area (Å²) in [5, 5.41) is 8.44. The molecule has 0 spiro atoms. The lowest BCUT2D eigenvalue weighted by Crippen LogP contribution is -2.38. The fourth-order valence-corrected chi connectivity index (χ4v) is 2.30. The number of anilines is 1. The Morgan fingerprint density at radius 1 is 1.14 bits per heavy atom. The summed E-state index contributed by atoms with van der Waals surface area (Å²) >= 11 is 0. The zero-order valence-corrected chi connectivity index (χ0v) is 14.7. The summed E-state index contributed by atoms with van der Waals surface area (Å²) in [5.41, 5.74) is 4.03. The first kappa shape index (κ1) is 20.4. The number of aryl methyl sites for hydroxylation is 3. The number of rotatable bonds is 6. The zero-order valence-electron chi connectivity index (χ0n) is 13.9. The first-order valence-corrected chi connectivity index (χ1v) is 7.15. The summed E-state index contributed by atoms with van der Waals surface area (Å²) in [7, 11) is 1.79. The number of halogens is 1. The van der Waals surface area contributed by atoms with E-state index in [0.29, 0.717) is 6.54 Å². The van der Waals surface area contributed by atoms with E-state index in [1.807, 2.05) is 39.8 Å². The molecule has 0 radical (unpaired) electrons. The van der Waals surface area contributed by atoms with E-state index in [0.717, 1.165) is 22.4 Å². The van der Waals surface area contributed by atoms with Crippen molar-refractivity contribution in [2.24, 2.45) is 5.92 Å². The second-order valence-corrected chi connectivity index (χ2v) is 5.50. The molecule has 0 heterocycles. The average molecular weight is 328 g/mol. The van der Waals surface area contributed by atoms with Crippen LogP contribution in [0.3, 0.4) is 0 Å². The van der Waals surface area contributed by atoms with Crippen molar-refractivity contribution in [3.63, 3.8) is 0 Å². The fourth-order valence-electron chi connectivity index (χ4n) is 2.30. The standard InChI is InChI=1S/C16H25N3O2.ClH/c1-10-6-11(2)15(12(3)7-10)19-14(20)9-18-16(21)13(4)8-17-5;/h6-7,13,17H,8-9H2,1-5H3,(H,18,21)(H,19,20);1H. The monoisotopic (exact) mass is 327 g/mol. The van der Waals surface area contributed by atoms with Crippen molar-refractivity contribution >= 4 is 29.9 Å². The van der Waals surface area contributed by atoms with Crippen LogP contribution in [0.5, 0.6) is 0 Å². The highest BCUT2D eigenvalue weighted by Gasteiger charge is 2.13. The van der Waals surface area contributed by atoms with E-state index in [1.54, 1.807) is 7.05 Å². The number of carbonyl (C=O) groups is 2. The van der Waals surface area contributed by atoms with Crippen molar-refractivity contribution in [1.29, 1.82) is 0 Å². The molecule has 0 bridgehead atoms. The number of amides is 2. The van der Waals surface area contributed by atoms with Crippen molar-refractivity contribution in [2.45, 2.75) is 27.7 Å². The predicted octanol–water partition coefficient (Wildman–Crippen LogP) is 1.94. The molecular formula is C16H26ClN3O2. The summed E-state index contributed by atoms with van der Waals surface area (Å²) in [4.78, 5) is 23.7. The van der Waals surface area contributed by atoms with Gasteiger partial charge in [0.15, 0.2) is 0 Å². The average Bonchev–Trinajstić information content (AvgIpc) is 2.40. The van der Waals surface area contributed by atoms with Crippen LogP contribution in [0.4, 0.5) is 5.69 Å². The predicted molar refractivity (Wildman–Crippen MR) is 92.6 cm³/mol. The van der Waals surface area contributed by atoms with E-state index in [4.69, 9.17) is 0 Å². The van der Waals surface area contributed by atoms with Crippen LogP contribution in [-0.2, 0) is 9.59 Å². The Balaban J connectivity index is 0.00000441. The molecule has 22 heavy (non-hydrogen) atoms. The molecule has 124 valence electrons. The van der Waals surface area contributed by atoms with Crippen molar-refractivity contribution in [3.8, 4) is 0 Å². The van der Waals surface area contributed by atoms with Gasteiger partial charge in [-0.05, 0) is 38.9 Å². The van der Waals surface area contributed by atoms with E-state index in [2.05, 4.69) is 16.0 Å². The number of hydrogen-bond donors (Lipinski definition) is 3. The zero-order chi connectivity index (χ0) is 16.0. The highest BCUT2D eigenvalue weighted by Crippen LogP contribution is 2.21. The minimum absolute atomic E-state index is 0. The Morgan fingerprint density at radius 2 is 1.68 bits per heavy atom. The molecule has 6 heteroatoms. The van der Waals surface area contributed by atoms with Gasteiger partial charge in [-0.15, -0.1) is 12.4 Å². The van der Waals surface area contributed by atoms with Crippen molar-refractivity contribution in [3.05, 3.63) is 28.8 Å². The number of nitrogens with one attached hydrogen (secondary N) is 3. The van der Waals surface area contributed by atoms with Crippen molar-refractivity contribution in [1.82, 2.24) is 10.6 Å². The highest BCUT2D eigenvalue weighted by atomic mass is 35.5. The SMILES string of the molecule is CNCC(C)C(=O)NCC(=O)Nc1c(C)cc(C)cc1C.Cl. The Bertz CT molecular complexity index is 509. The van der Waals surface area contributed by atoms with Crippen LogP contribution in [0.1, 0.15) is 23.6 Å². The maximum absolute atomic E-state index is 11.9. The lowest BCUT2D eigenvalue weighted by atomic mass is 10.1. The molecule has 1 unspecified atom stereocenters. The summed E-state index contributed by atoms with van der Waals surface area (Å²) in [5.74, 6) is -0.502. The fraction of sp³-hybridized carbons (Fsp3) is 0.500. The molecule has 3 N–H and O–H groups in total. The summed E-state index contributed by atoms with van der Waals surface area (Å²) < 4.78 is 0. The van der Waals surface area contributed by atoms with Crippen LogP contribution in [-0.4, -0.2) is 32.0 Å². The number of hydrogen-bond acceptors (Lipinski definition) is 3. The van der Waals surface area contributed by atoms with Crippen LogP contribution >= 0.6 is 12.4 Å². The number of benzene rings is 1. The van der Waals surface area contributed by atoms with Gasteiger partial charge in [0.25, 0.3) is 0 Å². The topological polar surface area (TPSA) is 70.2 Å². The van der Waals surface area contributed by atoms with Crippen LogP contribution in [0.25, 0.3) is 0 Å². The Labute approximate surface area is 138 Å². The second kappa shape index (κ2) is 9.43. The van der Waals surface area contributed by atoms with Crippen LogP contribution in [0, 0.1) is 26.7 Å². The minimum atomic E-state index is -0.213. The third kappa shape index (κ3) is 6.03. The maximum atomic E-state index is 11.9. The van der Waals surface area contributed by atoms with Gasteiger partial charge in [-0.3, -0.25) is 9.59 Å². The Morgan fingerprint density at radius 3 is 2.18 bits per heavy atom. The van der Waals surface area contributed by atoms with Crippen LogP contribution < -0.4 is 16.0 Å². The van der Waals surface area contributed by atoms with Crippen LogP contribution in [0.15, 0.2) is 12.1 Å². The molecule has 0 aliphatic heterocycles. The van der Waals surface area contributed by atoms with E-state index < -0.39 is 0 Å². The van der Waals surface area contributed by atoms with Gasteiger partial charge in [-0.1, -0.05) is 24.6 Å². The molecule has 5 nitrogen and oxygen atoms in total. The molecule has 0 aromatic heterocycles. The van der Waals surface area contributed by atoms with E-state index >= 15 is 0 Å². The Hall–Kier alpha value is -1.59. The molecule has 1 aromatic rings. The third-order valence-electron chi connectivity index (χ3n) is 3.32. The quantitative estimate of drug-likeness (QED) is 0.748. The normalized spacial score (nSPS) is 11.3. The Kier molecular flexibility index (Phi) is 8.75. The summed E-state index contributed by atoms with van der Waals surface area (Å²) in [6.07, 6.45) is 0. The highest BCUT2D eigenvalue weighted by molar-refractivity contribution is 5.96. The molecule has 1 atom stereocenters. The van der Waals surface area contributed by atoms with Crippen molar-refractivity contribution in [2.75, 3.05) is 25.5 Å². The molecule has 0 fully saturated rings. The molecule has 0 aliphatic carbocycles. The first-order chi connectivity index (χ1) is 9.85. The third-order valence-corrected chi connectivity index (χ3v) is 3.32. The van der Waals surface area contributed by atoms with Gasteiger partial charge in [0.2, 0.25) is 11.8 Å². The number of carbonyl (C=O) groups excluding carboxylic acids is 2. The molecule has 2 amide bonds. The molecule has 0 saturated carbocycles. The van der Waals surface area contributed by atoms with Gasteiger partial charge < -0.3 is 16.0 Å². The molecule has 1 rings (SSSR count). The van der Waals surface area contributed by atoms with Gasteiger partial charge in [0.1, 0.15) is 0 Å². The smallest absolute Gasteiger partial charge is 0.243 e. The van der Waals surface area contributed by atoms with Crippen molar-refractivity contribution < 1.29 is 9.59 Å².